The van der Waals surface area contributed by atoms with Gasteiger partial charge in [0, 0.05) is 12.0 Å². The Balaban J connectivity index is 1.91. The molecule has 0 aromatic carbocycles. The summed E-state index contributed by atoms with van der Waals surface area (Å²) in [4.78, 5) is 11.7. The van der Waals surface area contributed by atoms with E-state index < -0.39 is 11.2 Å². The first-order chi connectivity index (χ1) is 7.90. The normalized spacial score (nSPS) is 42.2. The highest BCUT2D eigenvalue weighted by Gasteiger charge is 2.55. The zero-order valence-electron chi connectivity index (χ0n) is 10.2. The SMILES string of the molecule is C=C(C)C(=O)OC12C=C3CC(CC(O)(C3)C1)C2. The zero-order valence-corrected chi connectivity index (χ0v) is 10.2. The summed E-state index contributed by atoms with van der Waals surface area (Å²) >= 11 is 0. The van der Waals surface area contributed by atoms with Crippen LogP contribution in [0.2, 0.25) is 0 Å². The van der Waals surface area contributed by atoms with E-state index in [4.69, 9.17) is 4.74 Å². The minimum atomic E-state index is -0.638. The molecule has 0 amide bonds. The Morgan fingerprint density at radius 3 is 2.94 bits per heavy atom. The molecule has 3 unspecified atom stereocenters. The van der Waals surface area contributed by atoms with Crippen LogP contribution in [0.4, 0.5) is 0 Å². The maximum atomic E-state index is 11.7. The molecule has 0 heterocycles. The van der Waals surface area contributed by atoms with Gasteiger partial charge >= 0.3 is 5.97 Å². The number of carbonyl (C=O) groups excluding carboxylic acids is 1. The molecule has 3 nitrogen and oxygen atoms in total. The number of aliphatic hydroxyl groups is 1. The fraction of sp³-hybridized carbons (Fsp3) is 0.643. The van der Waals surface area contributed by atoms with Gasteiger partial charge in [0.2, 0.25) is 0 Å². The summed E-state index contributed by atoms with van der Waals surface area (Å²) in [5.41, 5.74) is 0.488. The average Bonchev–Trinajstić information content (AvgIpc) is 2.11. The smallest absolute Gasteiger partial charge is 0.333 e. The van der Waals surface area contributed by atoms with Gasteiger partial charge in [-0.05, 0) is 44.6 Å². The summed E-state index contributed by atoms with van der Waals surface area (Å²) < 4.78 is 5.60. The molecule has 92 valence electrons. The van der Waals surface area contributed by atoms with Crippen molar-refractivity contribution in [1.29, 1.82) is 0 Å². The number of hydrogen-bond donors (Lipinski definition) is 1. The van der Waals surface area contributed by atoms with Crippen LogP contribution < -0.4 is 0 Å². The minimum Gasteiger partial charge on any atom is -0.451 e. The van der Waals surface area contributed by atoms with Crippen molar-refractivity contribution in [1.82, 2.24) is 0 Å². The lowest BCUT2D eigenvalue weighted by molar-refractivity contribution is -0.172. The Kier molecular flexibility index (Phi) is 2.09. The standard InChI is InChI=1S/C14H18O3/c1-9(2)12(15)17-14-6-10-3-11(7-14)5-13(16,4-10)8-14/h6,11,16H,1,3-5,7-8H2,2H3. The van der Waals surface area contributed by atoms with E-state index >= 15 is 0 Å². The summed E-state index contributed by atoms with van der Waals surface area (Å²) in [6.07, 6.45) is 6.18. The molecule has 4 rings (SSSR count). The molecule has 1 N–H and O–H groups in total. The fourth-order valence-electron chi connectivity index (χ4n) is 3.91. The van der Waals surface area contributed by atoms with Crippen molar-refractivity contribution in [2.75, 3.05) is 0 Å². The summed E-state index contributed by atoms with van der Waals surface area (Å²) in [6, 6.07) is 0. The summed E-state index contributed by atoms with van der Waals surface area (Å²) in [5.74, 6) is 0.132. The highest BCUT2D eigenvalue weighted by atomic mass is 16.6. The number of rotatable bonds is 2. The molecule has 3 heteroatoms. The molecule has 0 aliphatic heterocycles. The van der Waals surface area contributed by atoms with Crippen LogP contribution in [0, 0.1) is 5.92 Å². The molecule has 4 aliphatic carbocycles. The lowest BCUT2D eigenvalue weighted by Crippen LogP contribution is -2.56. The van der Waals surface area contributed by atoms with Gasteiger partial charge in [-0.1, -0.05) is 12.2 Å². The minimum absolute atomic E-state index is 0.340. The van der Waals surface area contributed by atoms with Gasteiger partial charge in [0.25, 0.3) is 0 Å². The summed E-state index contributed by atoms with van der Waals surface area (Å²) in [6.45, 7) is 5.27. The van der Waals surface area contributed by atoms with E-state index in [9.17, 15) is 9.90 Å². The maximum Gasteiger partial charge on any atom is 0.333 e. The third-order valence-corrected chi connectivity index (χ3v) is 4.15. The molecule has 2 fully saturated rings. The third kappa shape index (κ3) is 1.73. The van der Waals surface area contributed by atoms with Crippen molar-refractivity contribution in [3.63, 3.8) is 0 Å². The first-order valence-corrected chi connectivity index (χ1v) is 6.22. The molecule has 3 atom stereocenters. The number of carbonyl (C=O) groups is 1. The van der Waals surface area contributed by atoms with E-state index in [0.29, 0.717) is 17.9 Å². The summed E-state index contributed by atoms with van der Waals surface area (Å²) in [5, 5.41) is 10.5. The van der Waals surface area contributed by atoms with Crippen LogP contribution in [0.3, 0.4) is 0 Å². The van der Waals surface area contributed by atoms with Crippen molar-refractivity contribution >= 4 is 5.97 Å². The van der Waals surface area contributed by atoms with Crippen LogP contribution in [0.25, 0.3) is 0 Å². The second-order valence-electron chi connectivity index (χ2n) is 6.09. The molecular formula is C14H18O3. The topological polar surface area (TPSA) is 46.5 Å². The molecule has 0 aromatic heterocycles. The largest absolute Gasteiger partial charge is 0.451 e. The van der Waals surface area contributed by atoms with E-state index in [1.165, 1.54) is 5.57 Å². The van der Waals surface area contributed by atoms with Crippen molar-refractivity contribution in [2.24, 2.45) is 5.92 Å². The molecule has 17 heavy (non-hydrogen) atoms. The number of hydrogen-bond acceptors (Lipinski definition) is 3. The second-order valence-corrected chi connectivity index (χ2v) is 6.09. The Morgan fingerprint density at radius 1 is 1.59 bits per heavy atom. The highest BCUT2D eigenvalue weighted by molar-refractivity contribution is 5.87. The van der Waals surface area contributed by atoms with Gasteiger partial charge in [-0.2, -0.15) is 0 Å². The first-order valence-electron chi connectivity index (χ1n) is 6.22. The predicted molar refractivity (Wildman–Crippen MR) is 63.2 cm³/mol. The Hall–Kier alpha value is -1.09. The van der Waals surface area contributed by atoms with Crippen molar-refractivity contribution in [2.45, 2.75) is 50.2 Å². The van der Waals surface area contributed by atoms with Crippen LogP contribution >= 0.6 is 0 Å². The molecule has 2 saturated carbocycles. The molecule has 0 spiro atoms. The van der Waals surface area contributed by atoms with Crippen molar-refractivity contribution in [3.05, 3.63) is 23.8 Å². The monoisotopic (exact) mass is 234 g/mol. The molecule has 4 bridgehead atoms. The lowest BCUT2D eigenvalue weighted by Gasteiger charge is -2.54. The molecular weight excluding hydrogens is 216 g/mol. The molecule has 0 radical (unpaired) electrons. The van der Waals surface area contributed by atoms with E-state index in [2.05, 4.69) is 12.7 Å². The van der Waals surface area contributed by atoms with Crippen LogP contribution in [0.5, 0.6) is 0 Å². The molecule has 0 saturated heterocycles. The van der Waals surface area contributed by atoms with E-state index in [-0.39, 0.29) is 5.97 Å². The van der Waals surface area contributed by atoms with E-state index in [1.54, 1.807) is 6.92 Å². The van der Waals surface area contributed by atoms with E-state index in [0.717, 1.165) is 25.7 Å². The highest BCUT2D eigenvalue weighted by Crippen LogP contribution is 2.55. The summed E-state index contributed by atoms with van der Waals surface area (Å²) in [7, 11) is 0. The van der Waals surface area contributed by atoms with Gasteiger partial charge < -0.3 is 9.84 Å². The Labute approximate surface area is 101 Å². The maximum absolute atomic E-state index is 11.7. The van der Waals surface area contributed by atoms with Gasteiger partial charge in [-0.3, -0.25) is 0 Å². The van der Waals surface area contributed by atoms with Crippen LogP contribution in [0.15, 0.2) is 23.8 Å². The average molecular weight is 234 g/mol. The fourth-order valence-corrected chi connectivity index (χ4v) is 3.91. The Bertz CT molecular complexity index is 437. The quantitative estimate of drug-likeness (QED) is 0.452. The van der Waals surface area contributed by atoms with Gasteiger partial charge in [-0.15, -0.1) is 0 Å². The van der Waals surface area contributed by atoms with Crippen LogP contribution in [0.1, 0.15) is 39.0 Å². The van der Waals surface area contributed by atoms with Gasteiger partial charge in [0.1, 0.15) is 5.60 Å². The van der Waals surface area contributed by atoms with Crippen LogP contribution in [-0.4, -0.2) is 22.3 Å². The predicted octanol–water partition coefficient (Wildman–Crippen LogP) is 2.11. The van der Waals surface area contributed by atoms with Gasteiger partial charge in [0.05, 0.1) is 5.60 Å². The molecule has 0 aromatic rings. The van der Waals surface area contributed by atoms with Crippen molar-refractivity contribution < 1.29 is 14.6 Å². The van der Waals surface area contributed by atoms with Crippen molar-refractivity contribution in [3.8, 4) is 0 Å². The first kappa shape index (κ1) is 11.0. The third-order valence-electron chi connectivity index (χ3n) is 4.15. The van der Waals surface area contributed by atoms with Crippen LogP contribution in [-0.2, 0) is 9.53 Å². The van der Waals surface area contributed by atoms with Gasteiger partial charge in [-0.25, -0.2) is 4.79 Å². The van der Waals surface area contributed by atoms with E-state index in [1.807, 2.05) is 0 Å². The van der Waals surface area contributed by atoms with Gasteiger partial charge in [0.15, 0.2) is 0 Å². The zero-order chi connectivity index (χ0) is 12.3. The lowest BCUT2D eigenvalue weighted by atomic mass is 9.57. The Morgan fingerprint density at radius 2 is 2.35 bits per heavy atom. The molecule has 4 aliphatic rings. The number of esters is 1. The second kappa shape index (κ2) is 3.22. The number of ether oxygens (including phenoxy) is 1.